The Morgan fingerprint density at radius 1 is 1.00 bits per heavy atom. The molecule has 0 fully saturated rings. The van der Waals surface area contributed by atoms with Crippen molar-refractivity contribution in [3.8, 4) is 0 Å². The molecule has 0 saturated carbocycles. The summed E-state index contributed by atoms with van der Waals surface area (Å²) >= 11 is 0. The molecule has 90 valence electrons. The van der Waals surface area contributed by atoms with Crippen LogP contribution in [0.5, 0.6) is 0 Å². The van der Waals surface area contributed by atoms with Crippen LogP contribution < -0.4 is 0 Å². The van der Waals surface area contributed by atoms with Gasteiger partial charge in [-0.3, -0.25) is 0 Å². The van der Waals surface area contributed by atoms with Crippen molar-refractivity contribution in [3.63, 3.8) is 0 Å². The number of aryl methyl sites for hydroxylation is 1. The average Bonchev–Trinajstić information content (AvgIpc) is 2.21. The predicted molar refractivity (Wildman–Crippen MR) is 63.2 cm³/mol. The molecule has 0 unspecified atom stereocenters. The van der Waals surface area contributed by atoms with Gasteiger partial charge in [-0.1, -0.05) is 29.8 Å². The maximum atomic E-state index is 10.2. The van der Waals surface area contributed by atoms with Gasteiger partial charge in [-0.15, -0.1) is 0 Å². The van der Waals surface area contributed by atoms with Crippen molar-refractivity contribution >= 4 is 0 Å². The summed E-state index contributed by atoms with van der Waals surface area (Å²) in [5.41, 5.74) is 0.822. The van der Waals surface area contributed by atoms with Crippen molar-refractivity contribution in [2.75, 3.05) is 14.2 Å². The van der Waals surface area contributed by atoms with Crippen LogP contribution in [-0.4, -0.2) is 24.9 Å². The Hall–Kier alpha value is -0.900. The number of hydrogen-bond acceptors (Lipinski definition) is 3. The van der Waals surface area contributed by atoms with E-state index < -0.39 is 11.4 Å². The van der Waals surface area contributed by atoms with Crippen LogP contribution in [0, 0.1) is 6.92 Å². The fourth-order valence-electron chi connectivity index (χ4n) is 1.94. The Morgan fingerprint density at radius 2 is 1.44 bits per heavy atom. The molecule has 1 rings (SSSR count). The van der Waals surface area contributed by atoms with Crippen LogP contribution in [0.2, 0.25) is 0 Å². The molecule has 3 nitrogen and oxygen atoms in total. The lowest BCUT2D eigenvalue weighted by Crippen LogP contribution is -2.50. The summed E-state index contributed by atoms with van der Waals surface area (Å²) < 4.78 is 10.8. The normalized spacial score (nSPS) is 12.9. The standard InChI is InChI=1S/C13H20O3/c1-10-6-8-11(9-7-10)13(15-4,16-5)12(2,3)14/h6-9,14H,1-5H3. The molecular weight excluding hydrogens is 204 g/mol. The van der Waals surface area contributed by atoms with Crippen molar-refractivity contribution in [2.45, 2.75) is 32.2 Å². The molecule has 0 saturated heterocycles. The monoisotopic (exact) mass is 224 g/mol. The first-order valence-corrected chi connectivity index (χ1v) is 5.27. The fraction of sp³-hybridized carbons (Fsp3) is 0.538. The van der Waals surface area contributed by atoms with Crippen molar-refractivity contribution < 1.29 is 14.6 Å². The van der Waals surface area contributed by atoms with Gasteiger partial charge in [0.15, 0.2) is 0 Å². The summed E-state index contributed by atoms with van der Waals surface area (Å²) in [6.45, 7) is 5.34. The molecular formula is C13H20O3. The van der Waals surface area contributed by atoms with E-state index in [1.165, 1.54) is 14.2 Å². The molecule has 0 bridgehead atoms. The third-order valence-corrected chi connectivity index (χ3v) is 2.81. The Kier molecular flexibility index (Phi) is 3.73. The molecule has 16 heavy (non-hydrogen) atoms. The number of ether oxygens (including phenoxy) is 2. The van der Waals surface area contributed by atoms with Gasteiger partial charge in [0, 0.05) is 19.8 Å². The summed E-state index contributed by atoms with van der Waals surface area (Å²) in [4.78, 5) is 0. The number of benzene rings is 1. The SMILES string of the molecule is COC(OC)(c1ccc(C)cc1)C(C)(C)O. The highest BCUT2D eigenvalue weighted by atomic mass is 16.7. The average molecular weight is 224 g/mol. The van der Waals surface area contributed by atoms with Gasteiger partial charge in [0.2, 0.25) is 5.79 Å². The van der Waals surface area contributed by atoms with Gasteiger partial charge in [-0.2, -0.15) is 0 Å². The molecule has 0 aliphatic rings. The second kappa shape index (κ2) is 4.53. The predicted octanol–water partition coefficient (Wildman–Crippen LogP) is 2.21. The van der Waals surface area contributed by atoms with E-state index in [0.717, 1.165) is 11.1 Å². The molecule has 0 atom stereocenters. The molecule has 0 aliphatic carbocycles. The van der Waals surface area contributed by atoms with Crippen LogP contribution in [0.1, 0.15) is 25.0 Å². The zero-order valence-corrected chi connectivity index (χ0v) is 10.6. The van der Waals surface area contributed by atoms with Gasteiger partial charge in [0.05, 0.1) is 0 Å². The van der Waals surface area contributed by atoms with Crippen molar-refractivity contribution in [1.29, 1.82) is 0 Å². The largest absolute Gasteiger partial charge is 0.384 e. The summed E-state index contributed by atoms with van der Waals surface area (Å²) in [5, 5.41) is 10.2. The Morgan fingerprint density at radius 3 is 1.75 bits per heavy atom. The second-order valence-electron chi connectivity index (χ2n) is 4.45. The lowest BCUT2D eigenvalue weighted by Gasteiger charge is -2.40. The molecule has 1 aromatic carbocycles. The van der Waals surface area contributed by atoms with Crippen LogP contribution >= 0.6 is 0 Å². The highest BCUT2D eigenvalue weighted by Crippen LogP contribution is 2.36. The van der Waals surface area contributed by atoms with Gasteiger partial charge in [-0.25, -0.2) is 0 Å². The molecule has 0 aliphatic heterocycles. The van der Waals surface area contributed by atoms with Crippen molar-refractivity contribution in [3.05, 3.63) is 35.4 Å². The molecule has 0 aromatic heterocycles. The minimum Gasteiger partial charge on any atom is -0.384 e. The molecule has 0 radical (unpaired) electrons. The minimum atomic E-state index is -1.14. The van der Waals surface area contributed by atoms with Gasteiger partial charge in [0.25, 0.3) is 0 Å². The highest BCUT2D eigenvalue weighted by Gasteiger charge is 2.46. The minimum absolute atomic E-state index is 0.801. The Bertz CT molecular complexity index is 331. The van der Waals surface area contributed by atoms with Crippen LogP contribution in [0.3, 0.4) is 0 Å². The molecule has 1 aromatic rings. The summed E-state index contributed by atoms with van der Waals surface area (Å²) in [5.74, 6) is -1.14. The number of hydrogen-bond donors (Lipinski definition) is 1. The molecule has 1 N–H and O–H groups in total. The van der Waals surface area contributed by atoms with E-state index in [0.29, 0.717) is 0 Å². The van der Waals surface area contributed by atoms with E-state index in [9.17, 15) is 5.11 Å². The first-order chi connectivity index (χ1) is 7.37. The zero-order chi connectivity index (χ0) is 12.4. The molecule has 0 heterocycles. The van der Waals surface area contributed by atoms with Crippen LogP contribution in [0.15, 0.2) is 24.3 Å². The maximum Gasteiger partial charge on any atom is 0.223 e. The molecule has 3 heteroatoms. The van der Waals surface area contributed by atoms with Crippen LogP contribution in [-0.2, 0) is 15.3 Å². The summed E-state index contributed by atoms with van der Waals surface area (Å²) in [6.07, 6.45) is 0. The lowest BCUT2D eigenvalue weighted by molar-refractivity contribution is -0.301. The third kappa shape index (κ3) is 2.12. The summed E-state index contributed by atoms with van der Waals surface area (Å²) in [6, 6.07) is 7.74. The van der Waals surface area contributed by atoms with E-state index in [1.54, 1.807) is 13.8 Å². The first-order valence-electron chi connectivity index (χ1n) is 5.27. The number of rotatable bonds is 4. The first kappa shape index (κ1) is 13.2. The maximum absolute atomic E-state index is 10.2. The fourth-order valence-corrected chi connectivity index (χ4v) is 1.94. The lowest BCUT2D eigenvalue weighted by atomic mass is 9.89. The van der Waals surface area contributed by atoms with Crippen LogP contribution in [0.4, 0.5) is 0 Å². The van der Waals surface area contributed by atoms with Crippen molar-refractivity contribution in [2.24, 2.45) is 0 Å². The third-order valence-electron chi connectivity index (χ3n) is 2.81. The van der Waals surface area contributed by atoms with E-state index >= 15 is 0 Å². The van der Waals surface area contributed by atoms with Gasteiger partial charge in [0.1, 0.15) is 5.60 Å². The Balaban J connectivity index is 3.26. The quantitative estimate of drug-likeness (QED) is 0.797. The molecule has 0 spiro atoms. The Labute approximate surface area is 97.0 Å². The highest BCUT2D eigenvalue weighted by molar-refractivity contribution is 5.27. The second-order valence-corrected chi connectivity index (χ2v) is 4.45. The van der Waals surface area contributed by atoms with Gasteiger partial charge < -0.3 is 14.6 Å². The smallest absolute Gasteiger partial charge is 0.223 e. The zero-order valence-electron chi connectivity index (χ0n) is 10.6. The van der Waals surface area contributed by atoms with Crippen molar-refractivity contribution in [1.82, 2.24) is 0 Å². The van der Waals surface area contributed by atoms with Gasteiger partial charge in [-0.05, 0) is 20.8 Å². The van der Waals surface area contributed by atoms with Crippen LogP contribution in [0.25, 0.3) is 0 Å². The van der Waals surface area contributed by atoms with E-state index in [4.69, 9.17) is 9.47 Å². The van der Waals surface area contributed by atoms with E-state index in [2.05, 4.69) is 0 Å². The van der Waals surface area contributed by atoms with E-state index in [-0.39, 0.29) is 0 Å². The van der Waals surface area contributed by atoms with E-state index in [1.807, 2.05) is 31.2 Å². The topological polar surface area (TPSA) is 38.7 Å². The number of aliphatic hydroxyl groups is 1. The molecule has 0 amide bonds. The van der Waals surface area contributed by atoms with Gasteiger partial charge >= 0.3 is 0 Å². The summed E-state index contributed by atoms with van der Waals surface area (Å²) in [7, 11) is 3.06. The number of methoxy groups -OCH3 is 2.